The summed E-state index contributed by atoms with van der Waals surface area (Å²) in [5, 5.41) is 3.93. The highest BCUT2D eigenvalue weighted by Gasteiger charge is 2.32. The average molecular weight is 312 g/mol. The van der Waals surface area contributed by atoms with E-state index in [2.05, 4.69) is 19.2 Å². The van der Waals surface area contributed by atoms with Crippen molar-refractivity contribution in [1.29, 1.82) is 0 Å². The molecule has 0 radical (unpaired) electrons. The van der Waals surface area contributed by atoms with Gasteiger partial charge in [0.2, 0.25) is 0 Å². The molecule has 1 saturated carbocycles. The topological polar surface area (TPSA) is 12.0 Å². The largest absolute Gasteiger partial charge is 0.310 e. The Bertz CT molecular complexity index is 449. The minimum absolute atomic E-state index is 0.179. The monoisotopic (exact) mass is 311 g/mol. The number of halogens is 2. The number of hydrogen-bond acceptors (Lipinski definition) is 1. The summed E-state index contributed by atoms with van der Waals surface area (Å²) in [6.07, 6.45) is 7.38. The van der Waals surface area contributed by atoms with Gasteiger partial charge >= 0.3 is 0 Å². The Morgan fingerprint density at radius 3 is 2.76 bits per heavy atom. The minimum atomic E-state index is -0.304. The Kier molecular flexibility index (Phi) is 6.50. The summed E-state index contributed by atoms with van der Waals surface area (Å²) in [7, 11) is 0. The molecule has 1 fully saturated rings. The van der Waals surface area contributed by atoms with Gasteiger partial charge in [-0.3, -0.25) is 0 Å². The molecular formula is C18H27ClFN. The maximum absolute atomic E-state index is 13.8. The van der Waals surface area contributed by atoms with Gasteiger partial charge in [0.1, 0.15) is 5.82 Å². The first kappa shape index (κ1) is 16.8. The normalized spacial score (nSPS) is 24.0. The molecule has 1 aromatic carbocycles. The second kappa shape index (κ2) is 8.14. The molecule has 1 aliphatic rings. The molecule has 1 nitrogen and oxygen atoms in total. The predicted molar refractivity (Wildman–Crippen MR) is 88.2 cm³/mol. The quantitative estimate of drug-likeness (QED) is 0.706. The van der Waals surface area contributed by atoms with Crippen LogP contribution in [0.15, 0.2) is 18.2 Å². The zero-order valence-corrected chi connectivity index (χ0v) is 13.9. The highest BCUT2D eigenvalue weighted by Crippen LogP contribution is 2.42. The first-order valence-electron chi connectivity index (χ1n) is 8.36. The highest BCUT2D eigenvalue weighted by molar-refractivity contribution is 6.31. The number of hydrogen-bond donors (Lipinski definition) is 1. The molecule has 0 saturated heterocycles. The second-order valence-corrected chi connectivity index (χ2v) is 6.57. The summed E-state index contributed by atoms with van der Waals surface area (Å²) in [6.45, 7) is 5.38. The lowest BCUT2D eigenvalue weighted by Crippen LogP contribution is -2.35. The van der Waals surface area contributed by atoms with Crippen LogP contribution in [0, 0.1) is 17.7 Å². The lowest BCUT2D eigenvalue weighted by molar-refractivity contribution is 0.175. The molecule has 0 amide bonds. The Hall–Kier alpha value is -0.600. The Morgan fingerprint density at radius 2 is 2.05 bits per heavy atom. The minimum Gasteiger partial charge on any atom is -0.310 e. The molecule has 118 valence electrons. The second-order valence-electron chi connectivity index (χ2n) is 6.19. The van der Waals surface area contributed by atoms with Crippen LogP contribution in [0.5, 0.6) is 0 Å². The maximum Gasteiger partial charge on any atom is 0.142 e. The molecule has 1 aromatic rings. The van der Waals surface area contributed by atoms with Gasteiger partial charge in [-0.1, -0.05) is 63.3 Å². The lowest BCUT2D eigenvalue weighted by atomic mass is 9.72. The summed E-state index contributed by atoms with van der Waals surface area (Å²) in [5.74, 6) is 0.975. The molecule has 21 heavy (non-hydrogen) atoms. The predicted octanol–water partition coefficient (Wildman–Crippen LogP) is 5.74. The lowest BCUT2D eigenvalue weighted by Gasteiger charge is -2.38. The van der Waals surface area contributed by atoms with Crippen molar-refractivity contribution in [2.75, 3.05) is 6.54 Å². The van der Waals surface area contributed by atoms with Gasteiger partial charge in [0, 0.05) is 6.04 Å². The Labute approximate surface area is 133 Å². The Morgan fingerprint density at radius 1 is 1.29 bits per heavy atom. The van der Waals surface area contributed by atoms with Crippen LogP contribution in [-0.4, -0.2) is 6.54 Å². The first-order chi connectivity index (χ1) is 10.2. The maximum atomic E-state index is 13.8. The zero-order chi connectivity index (χ0) is 15.2. The van der Waals surface area contributed by atoms with Crippen molar-refractivity contribution < 1.29 is 4.39 Å². The van der Waals surface area contributed by atoms with E-state index in [1.54, 1.807) is 6.07 Å². The Balaban J connectivity index is 2.30. The van der Waals surface area contributed by atoms with E-state index in [9.17, 15) is 4.39 Å². The van der Waals surface area contributed by atoms with E-state index in [1.165, 1.54) is 38.2 Å². The van der Waals surface area contributed by atoms with E-state index in [4.69, 9.17) is 11.6 Å². The van der Waals surface area contributed by atoms with Crippen molar-refractivity contribution in [3.05, 3.63) is 34.6 Å². The molecule has 0 aromatic heterocycles. The first-order valence-corrected chi connectivity index (χ1v) is 8.74. The fourth-order valence-electron chi connectivity index (χ4n) is 3.73. The molecule has 3 unspecified atom stereocenters. The molecule has 3 atom stereocenters. The van der Waals surface area contributed by atoms with Gasteiger partial charge in [0.15, 0.2) is 0 Å². The molecule has 0 heterocycles. The summed E-state index contributed by atoms with van der Waals surface area (Å²) in [5.41, 5.74) is 0.940. The number of rotatable bonds is 6. The van der Waals surface area contributed by atoms with Crippen LogP contribution < -0.4 is 5.32 Å². The van der Waals surface area contributed by atoms with Crippen molar-refractivity contribution >= 4 is 11.6 Å². The molecule has 3 heteroatoms. The van der Waals surface area contributed by atoms with Crippen LogP contribution in [0.1, 0.15) is 64.0 Å². The third-order valence-corrected chi connectivity index (χ3v) is 5.25. The van der Waals surface area contributed by atoms with Crippen LogP contribution in [-0.2, 0) is 0 Å². The third-order valence-electron chi connectivity index (χ3n) is 4.85. The van der Waals surface area contributed by atoms with Crippen LogP contribution in [0.25, 0.3) is 0 Å². The van der Waals surface area contributed by atoms with Gasteiger partial charge in [0.25, 0.3) is 0 Å². The fraction of sp³-hybridized carbons (Fsp3) is 0.667. The fourth-order valence-corrected chi connectivity index (χ4v) is 3.98. The summed E-state index contributed by atoms with van der Waals surface area (Å²) in [6, 6.07) is 5.39. The van der Waals surface area contributed by atoms with Crippen LogP contribution >= 0.6 is 11.6 Å². The van der Waals surface area contributed by atoms with Gasteiger partial charge in [-0.05, 0) is 42.9 Å². The van der Waals surface area contributed by atoms with Crippen molar-refractivity contribution in [2.45, 2.75) is 58.4 Å². The average Bonchev–Trinajstić information content (AvgIpc) is 2.52. The van der Waals surface area contributed by atoms with E-state index in [1.807, 2.05) is 6.07 Å². The van der Waals surface area contributed by atoms with Crippen molar-refractivity contribution in [3.63, 3.8) is 0 Å². The zero-order valence-electron chi connectivity index (χ0n) is 13.2. The molecule has 0 bridgehead atoms. The number of benzene rings is 1. The van der Waals surface area contributed by atoms with Gasteiger partial charge in [-0.15, -0.1) is 0 Å². The van der Waals surface area contributed by atoms with Gasteiger partial charge < -0.3 is 5.32 Å². The van der Waals surface area contributed by atoms with Gasteiger partial charge in [0.05, 0.1) is 5.02 Å². The molecule has 0 spiro atoms. The van der Waals surface area contributed by atoms with Crippen molar-refractivity contribution in [1.82, 2.24) is 5.32 Å². The smallest absolute Gasteiger partial charge is 0.142 e. The van der Waals surface area contributed by atoms with E-state index >= 15 is 0 Å². The van der Waals surface area contributed by atoms with Gasteiger partial charge in [-0.25, -0.2) is 4.39 Å². The number of nitrogens with one attached hydrogen (secondary N) is 1. The summed E-state index contributed by atoms with van der Waals surface area (Å²) in [4.78, 5) is 0. The van der Waals surface area contributed by atoms with Gasteiger partial charge in [-0.2, -0.15) is 0 Å². The van der Waals surface area contributed by atoms with Crippen LogP contribution in [0.3, 0.4) is 0 Å². The SMILES string of the molecule is CCCNC(c1cccc(F)c1Cl)C1CCCCC1CC. The van der Waals surface area contributed by atoms with E-state index in [-0.39, 0.29) is 11.9 Å². The van der Waals surface area contributed by atoms with Crippen molar-refractivity contribution in [3.8, 4) is 0 Å². The highest BCUT2D eigenvalue weighted by atomic mass is 35.5. The standard InChI is InChI=1S/C18H27ClFN/c1-3-12-21-18(14-9-6-5-8-13(14)4-2)15-10-7-11-16(20)17(15)19/h7,10-11,13-14,18,21H,3-6,8-9,12H2,1-2H3. The van der Waals surface area contributed by atoms with E-state index in [0.29, 0.717) is 16.9 Å². The van der Waals surface area contributed by atoms with E-state index in [0.717, 1.165) is 18.5 Å². The van der Waals surface area contributed by atoms with Crippen molar-refractivity contribution in [2.24, 2.45) is 11.8 Å². The van der Waals surface area contributed by atoms with Crippen LogP contribution in [0.4, 0.5) is 4.39 Å². The summed E-state index contributed by atoms with van der Waals surface area (Å²) >= 11 is 6.26. The molecule has 1 aliphatic carbocycles. The summed E-state index contributed by atoms with van der Waals surface area (Å²) < 4.78 is 13.8. The third kappa shape index (κ3) is 3.98. The molecular weight excluding hydrogens is 285 g/mol. The molecule has 1 N–H and O–H groups in total. The molecule has 0 aliphatic heterocycles. The van der Waals surface area contributed by atoms with Crippen LogP contribution in [0.2, 0.25) is 5.02 Å². The van der Waals surface area contributed by atoms with E-state index < -0.39 is 0 Å². The molecule has 2 rings (SSSR count).